The molecular weight excluding hydrogens is 294 g/mol. The van der Waals surface area contributed by atoms with E-state index in [-0.39, 0.29) is 31.3 Å². The van der Waals surface area contributed by atoms with Crippen LogP contribution in [0.2, 0.25) is 0 Å². The number of piperazine rings is 1. The predicted octanol–water partition coefficient (Wildman–Crippen LogP) is 1.56. The van der Waals surface area contributed by atoms with E-state index in [1.165, 1.54) is 11.0 Å². The van der Waals surface area contributed by atoms with Crippen molar-refractivity contribution in [3.05, 3.63) is 29.8 Å². The van der Waals surface area contributed by atoms with Gasteiger partial charge in [-0.2, -0.15) is 0 Å². The van der Waals surface area contributed by atoms with E-state index in [1.807, 2.05) is 0 Å². The van der Waals surface area contributed by atoms with Gasteiger partial charge >= 0.3 is 5.97 Å². The minimum Gasteiger partial charge on any atom is -0.465 e. The molecule has 1 aliphatic heterocycles. The Morgan fingerprint density at radius 3 is 2.73 bits per heavy atom. The highest BCUT2D eigenvalue weighted by atomic mass is 19.1. The predicted molar refractivity (Wildman–Crippen MR) is 76.4 cm³/mol. The van der Waals surface area contributed by atoms with Crippen LogP contribution in [0.3, 0.4) is 0 Å². The Labute approximate surface area is 127 Å². The van der Waals surface area contributed by atoms with Gasteiger partial charge in [-0.25, -0.2) is 8.78 Å². The maximum atomic E-state index is 13.8. The lowest BCUT2D eigenvalue weighted by Crippen LogP contribution is -2.57. The Balaban J connectivity index is 2.10. The first-order valence-electron chi connectivity index (χ1n) is 7.10. The van der Waals surface area contributed by atoms with E-state index in [1.54, 1.807) is 18.7 Å². The van der Waals surface area contributed by atoms with E-state index in [0.29, 0.717) is 6.54 Å². The molecule has 0 N–H and O–H groups in total. The van der Waals surface area contributed by atoms with Gasteiger partial charge in [-0.15, -0.1) is 0 Å². The largest absolute Gasteiger partial charge is 0.465 e. The van der Waals surface area contributed by atoms with Crippen molar-refractivity contribution < 1.29 is 23.1 Å². The Morgan fingerprint density at radius 2 is 2.09 bits per heavy atom. The van der Waals surface area contributed by atoms with Gasteiger partial charge < -0.3 is 9.64 Å². The van der Waals surface area contributed by atoms with Gasteiger partial charge in [0.1, 0.15) is 11.6 Å². The van der Waals surface area contributed by atoms with Crippen LogP contribution in [0.15, 0.2) is 18.2 Å². The molecule has 1 aromatic rings. The highest BCUT2D eigenvalue weighted by Gasteiger charge is 2.34. The molecule has 7 heteroatoms. The topological polar surface area (TPSA) is 49.9 Å². The normalized spacial score (nSPS) is 19.4. The lowest BCUT2D eigenvalue weighted by molar-refractivity contribution is -0.145. The number of hydrogen-bond acceptors (Lipinski definition) is 4. The van der Waals surface area contributed by atoms with Gasteiger partial charge in [-0.1, -0.05) is 0 Å². The summed E-state index contributed by atoms with van der Waals surface area (Å²) < 4.78 is 31.6. The van der Waals surface area contributed by atoms with Crippen LogP contribution in [-0.4, -0.2) is 49.1 Å². The smallest absolute Gasteiger partial charge is 0.320 e. The fourth-order valence-corrected chi connectivity index (χ4v) is 2.44. The number of anilines is 1. The van der Waals surface area contributed by atoms with E-state index in [2.05, 4.69) is 0 Å². The Kier molecular flexibility index (Phi) is 5.07. The zero-order chi connectivity index (χ0) is 16.3. The van der Waals surface area contributed by atoms with Crippen molar-refractivity contribution >= 4 is 17.6 Å². The SMILES string of the molecule is CCOC(=O)CN1CCN(c2ccc(F)cc2F)C(=O)[C@H]1C. The molecule has 1 saturated heterocycles. The average molecular weight is 312 g/mol. The Bertz CT molecular complexity index is 580. The van der Waals surface area contributed by atoms with E-state index < -0.39 is 23.6 Å². The van der Waals surface area contributed by atoms with Gasteiger partial charge in [0.25, 0.3) is 0 Å². The monoisotopic (exact) mass is 312 g/mol. The molecule has 1 atom stereocenters. The Hall–Kier alpha value is -2.02. The molecule has 0 aromatic heterocycles. The summed E-state index contributed by atoms with van der Waals surface area (Å²) in [5.74, 6) is -2.20. The van der Waals surface area contributed by atoms with Crippen LogP contribution >= 0.6 is 0 Å². The van der Waals surface area contributed by atoms with Gasteiger partial charge in [0.05, 0.1) is 24.9 Å². The first kappa shape index (κ1) is 16.4. The van der Waals surface area contributed by atoms with Gasteiger partial charge in [0.15, 0.2) is 0 Å². The summed E-state index contributed by atoms with van der Waals surface area (Å²) in [5, 5.41) is 0. The fraction of sp³-hybridized carbons (Fsp3) is 0.467. The molecule has 1 heterocycles. The summed E-state index contributed by atoms with van der Waals surface area (Å²) in [6.07, 6.45) is 0. The molecule has 0 aliphatic carbocycles. The first-order valence-corrected chi connectivity index (χ1v) is 7.10. The maximum absolute atomic E-state index is 13.8. The van der Waals surface area contributed by atoms with Crippen molar-refractivity contribution in [3.8, 4) is 0 Å². The van der Waals surface area contributed by atoms with Crippen LogP contribution in [0.1, 0.15) is 13.8 Å². The van der Waals surface area contributed by atoms with Crippen molar-refractivity contribution in [2.24, 2.45) is 0 Å². The third kappa shape index (κ3) is 3.41. The second kappa shape index (κ2) is 6.83. The molecule has 1 aliphatic rings. The molecule has 2 rings (SSSR count). The lowest BCUT2D eigenvalue weighted by atomic mass is 10.1. The third-order valence-electron chi connectivity index (χ3n) is 3.62. The standard InChI is InChI=1S/C15H18F2N2O3/c1-3-22-14(20)9-18-6-7-19(15(21)10(18)2)13-5-4-11(16)8-12(13)17/h4-5,8,10H,3,6-7,9H2,1-2H3/t10-/m1/s1. The number of carbonyl (C=O) groups excluding carboxylic acids is 2. The van der Waals surface area contributed by atoms with E-state index >= 15 is 0 Å². The molecule has 22 heavy (non-hydrogen) atoms. The number of amides is 1. The lowest BCUT2D eigenvalue weighted by Gasteiger charge is -2.38. The van der Waals surface area contributed by atoms with Crippen LogP contribution < -0.4 is 4.90 Å². The number of hydrogen-bond donors (Lipinski definition) is 0. The summed E-state index contributed by atoms with van der Waals surface area (Å²) in [7, 11) is 0. The molecule has 0 saturated carbocycles. The Morgan fingerprint density at radius 1 is 1.36 bits per heavy atom. The van der Waals surface area contributed by atoms with Crippen molar-refractivity contribution in [1.29, 1.82) is 0 Å². The summed E-state index contributed by atoms with van der Waals surface area (Å²) in [6, 6.07) is 2.53. The molecular formula is C15H18F2N2O3. The van der Waals surface area contributed by atoms with Crippen LogP contribution in [0.25, 0.3) is 0 Å². The highest BCUT2D eigenvalue weighted by molar-refractivity contribution is 5.98. The molecule has 0 radical (unpaired) electrons. The number of rotatable bonds is 4. The van der Waals surface area contributed by atoms with Gasteiger partial charge in [0.2, 0.25) is 5.91 Å². The number of carbonyl (C=O) groups is 2. The van der Waals surface area contributed by atoms with E-state index in [0.717, 1.165) is 12.1 Å². The molecule has 1 aromatic carbocycles. The summed E-state index contributed by atoms with van der Waals surface area (Å²) in [4.78, 5) is 26.9. The zero-order valence-corrected chi connectivity index (χ0v) is 12.5. The van der Waals surface area contributed by atoms with Gasteiger partial charge in [-0.3, -0.25) is 14.5 Å². The van der Waals surface area contributed by atoms with E-state index in [4.69, 9.17) is 4.74 Å². The minimum atomic E-state index is -0.778. The molecule has 1 amide bonds. The third-order valence-corrected chi connectivity index (χ3v) is 3.62. The van der Waals surface area contributed by atoms with Gasteiger partial charge in [0, 0.05) is 19.2 Å². The van der Waals surface area contributed by atoms with Crippen molar-refractivity contribution in [2.45, 2.75) is 19.9 Å². The van der Waals surface area contributed by atoms with Crippen molar-refractivity contribution in [1.82, 2.24) is 4.90 Å². The van der Waals surface area contributed by atoms with Crippen LogP contribution in [-0.2, 0) is 14.3 Å². The van der Waals surface area contributed by atoms with Crippen molar-refractivity contribution in [2.75, 3.05) is 31.1 Å². The molecule has 0 unspecified atom stereocenters. The second-order valence-corrected chi connectivity index (χ2v) is 5.04. The minimum absolute atomic E-state index is 0.0144. The van der Waals surface area contributed by atoms with E-state index in [9.17, 15) is 18.4 Å². The zero-order valence-electron chi connectivity index (χ0n) is 12.5. The molecule has 0 bridgehead atoms. The van der Waals surface area contributed by atoms with Crippen molar-refractivity contribution in [3.63, 3.8) is 0 Å². The van der Waals surface area contributed by atoms with Crippen LogP contribution in [0.4, 0.5) is 14.5 Å². The number of halogens is 2. The number of ether oxygens (including phenoxy) is 1. The summed E-state index contributed by atoms with van der Waals surface area (Å²) >= 11 is 0. The fourth-order valence-electron chi connectivity index (χ4n) is 2.44. The molecule has 120 valence electrons. The van der Waals surface area contributed by atoms with Crippen LogP contribution in [0.5, 0.6) is 0 Å². The second-order valence-electron chi connectivity index (χ2n) is 5.04. The van der Waals surface area contributed by atoms with Gasteiger partial charge in [-0.05, 0) is 26.0 Å². The van der Waals surface area contributed by atoms with Crippen LogP contribution in [0, 0.1) is 11.6 Å². The molecule has 0 spiro atoms. The molecule has 5 nitrogen and oxygen atoms in total. The number of benzene rings is 1. The highest BCUT2D eigenvalue weighted by Crippen LogP contribution is 2.24. The number of esters is 1. The molecule has 1 fully saturated rings. The first-order chi connectivity index (χ1) is 10.4. The number of nitrogens with zero attached hydrogens (tertiary/aromatic N) is 2. The summed E-state index contributed by atoms with van der Waals surface area (Å²) in [5.41, 5.74) is 0.0500. The quantitative estimate of drug-likeness (QED) is 0.792. The average Bonchev–Trinajstić information content (AvgIpc) is 2.45. The maximum Gasteiger partial charge on any atom is 0.320 e. The summed E-state index contributed by atoms with van der Waals surface area (Å²) in [6.45, 7) is 4.28.